The van der Waals surface area contributed by atoms with E-state index in [9.17, 15) is 4.79 Å². The van der Waals surface area contributed by atoms with E-state index in [1.165, 1.54) is 0 Å². The molecule has 1 saturated heterocycles. The van der Waals surface area contributed by atoms with Crippen molar-refractivity contribution in [2.45, 2.75) is 52.1 Å². The van der Waals surface area contributed by atoms with Crippen molar-refractivity contribution in [3.8, 4) is 0 Å². The van der Waals surface area contributed by atoms with Crippen LogP contribution < -0.4 is 5.73 Å². The van der Waals surface area contributed by atoms with Gasteiger partial charge < -0.3 is 10.6 Å². The molecule has 0 aromatic rings. The number of rotatable bonds is 5. The second-order valence-corrected chi connectivity index (χ2v) is 5.19. The third-order valence-corrected chi connectivity index (χ3v) is 3.57. The second kappa shape index (κ2) is 6.97. The summed E-state index contributed by atoms with van der Waals surface area (Å²) >= 11 is 0. The van der Waals surface area contributed by atoms with E-state index < -0.39 is 0 Å². The van der Waals surface area contributed by atoms with Crippen molar-refractivity contribution in [2.75, 3.05) is 26.2 Å². The molecule has 4 heteroatoms. The van der Waals surface area contributed by atoms with E-state index in [1.54, 1.807) is 0 Å². The van der Waals surface area contributed by atoms with Gasteiger partial charge in [0.05, 0.1) is 0 Å². The molecule has 1 aliphatic heterocycles. The van der Waals surface area contributed by atoms with Gasteiger partial charge in [-0.15, -0.1) is 0 Å². The molecule has 1 rings (SSSR count). The zero-order valence-corrected chi connectivity index (χ0v) is 11.5. The summed E-state index contributed by atoms with van der Waals surface area (Å²) in [5, 5.41) is 0. The van der Waals surface area contributed by atoms with Crippen molar-refractivity contribution in [3.63, 3.8) is 0 Å². The van der Waals surface area contributed by atoms with Gasteiger partial charge in [0.25, 0.3) is 0 Å². The highest BCUT2D eigenvalue weighted by Gasteiger charge is 2.24. The van der Waals surface area contributed by atoms with Crippen molar-refractivity contribution in [3.05, 3.63) is 0 Å². The normalized spacial score (nSPS) is 23.8. The summed E-state index contributed by atoms with van der Waals surface area (Å²) in [4.78, 5) is 16.4. The van der Waals surface area contributed by atoms with Gasteiger partial charge in [0.2, 0.25) is 5.91 Å². The Morgan fingerprint density at radius 3 is 2.71 bits per heavy atom. The van der Waals surface area contributed by atoms with Gasteiger partial charge in [0, 0.05) is 38.1 Å². The third-order valence-electron chi connectivity index (χ3n) is 3.57. The molecule has 0 radical (unpaired) electrons. The molecular formula is C13H27N3O. The number of carbonyl (C=O) groups is 1. The Labute approximate surface area is 105 Å². The van der Waals surface area contributed by atoms with Gasteiger partial charge in [-0.2, -0.15) is 0 Å². The van der Waals surface area contributed by atoms with Crippen molar-refractivity contribution < 1.29 is 4.79 Å². The van der Waals surface area contributed by atoms with Crippen molar-refractivity contribution in [2.24, 2.45) is 5.73 Å². The minimum Gasteiger partial charge on any atom is -0.340 e. The Morgan fingerprint density at radius 2 is 2.18 bits per heavy atom. The lowest BCUT2D eigenvalue weighted by Crippen LogP contribution is -2.53. The third kappa shape index (κ3) is 4.64. The van der Waals surface area contributed by atoms with E-state index in [1.807, 2.05) is 11.8 Å². The maximum absolute atomic E-state index is 12.0. The van der Waals surface area contributed by atoms with Gasteiger partial charge in [-0.1, -0.05) is 6.92 Å². The fourth-order valence-corrected chi connectivity index (χ4v) is 2.42. The minimum absolute atomic E-state index is 0.207. The Bertz CT molecular complexity index is 243. The van der Waals surface area contributed by atoms with Crippen LogP contribution in [-0.4, -0.2) is 54.0 Å². The number of hydrogen-bond donors (Lipinski definition) is 1. The minimum atomic E-state index is 0.207. The van der Waals surface area contributed by atoms with E-state index in [0.29, 0.717) is 18.4 Å². The molecule has 2 atom stereocenters. The molecule has 100 valence electrons. The number of nitrogens with two attached hydrogens (primary N) is 1. The zero-order valence-electron chi connectivity index (χ0n) is 11.5. The maximum Gasteiger partial charge on any atom is 0.222 e. The Morgan fingerprint density at radius 1 is 1.47 bits per heavy atom. The van der Waals surface area contributed by atoms with Crippen LogP contribution in [0, 0.1) is 0 Å². The number of hydrogen-bond acceptors (Lipinski definition) is 3. The van der Waals surface area contributed by atoms with Crippen LogP contribution in [0.5, 0.6) is 0 Å². The van der Waals surface area contributed by atoms with Crippen LogP contribution in [0.2, 0.25) is 0 Å². The summed E-state index contributed by atoms with van der Waals surface area (Å²) in [7, 11) is 0. The first-order valence-corrected chi connectivity index (χ1v) is 6.82. The summed E-state index contributed by atoms with van der Waals surface area (Å²) < 4.78 is 0. The molecule has 0 saturated carbocycles. The highest BCUT2D eigenvalue weighted by atomic mass is 16.2. The fraction of sp³-hybridized carbons (Fsp3) is 0.923. The standard InChI is InChI=1S/C13H27N3O/c1-4-15-8-9-16(10-12(15)3)13(17)7-5-6-11(2)14/h11-12H,4-10,14H2,1-3H3. The largest absolute Gasteiger partial charge is 0.340 e. The predicted octanol–water partition coefficient (Wildman–Crippen LogP) is 1.06. The topological polar surface area (TPSA) is 49.6 Å². The molecule has 0 aromatic heterocycles. The van der Waals surface area contributed by atoms with Crippen molar-refractivity contribution in [1.29, 1.82) is 0 Å². The molecule has 4 nitrogen and oxygen atoms in total. The first-order chi connectivity index (χ1) is 8.04. The molecule has 0 aliphatic carbocycles. The lowest BCUT2D eigenvalue weighted by Gasteiger charge is -2.39. The number of likely N-dealkylation sites (N-methyl/N-ethyl adjacent to an activating group) is 1. The van der Waals surface area contributed by atoms with Gasteiger partial charge >= 0.3 is 0 Å². The quantitative estimate of drug-likeness (QED) is 0.783. The van der Waals surface area contributed by atoms with Crippen LogP contribution in [0.15, 0.2) is 0 Å². The lowest BCUT2D eigenvalue weighted by atomic mass is 10.1. The molecule has 0 aromatic carbocycles. The van der Waals surface area contributed by atoms with E-state index in [0.717, 1.165) is 39.0 Å². The van der Waals surface area contributed by atoms with Crippen LogP contribution in [0.4, 0.5) is 0 Å². The SMILES string of the molecule is CCN1CCN(C(=O)CCCC(C)N)CC1C. The van der Waals surface area contributed by atoms with Crippen LogP contribution in [0.25, 0.3) is 0 Å². The van der Waals surface area contributed by atoms with Gasteiger partial charge in [0.1, 0.15) is 0 Å². The molecular weight excluding hydrogens is 214 g/mol. The second-order valence-electron chi connectivity index (χ2n) is 5.19. The Balaban J connectivity index is 2.29. The fourth-order valence-electron chi connectivity index (χ4n) is 2.42. The van der Waals surface area contributed by atoms with Crippen LogP contribution in [0.3, 0.4) is 0 Å². The smallest absolute Gasteiger partial charge is 0.222 e. The zero-order chi connectivity index (χ0) is 12.8. The van der Waals surface area contributed by atoms with Gasteiger partial charge in [-0.05, 0) is 33.2 Å². The summed E-state index contributed by atoms with van der Waals surface area (Å²) in [5.74, 6) is 0.299. The van der Waals surface area contributed by atoms with E-state index in [4.69, 9.17) is 5.73 Å². The first-order valence-electron chi connectivity index (χ1n) is 6.82. The van der Waals surface area contributed by atoms with Crippen LogP contribution >= 0.6 is 0 Å². The Hall–Kier alpha value is -0.610. The molecule has 0 spiro atoms. The highest BCUT2D eigenvalue weighted by Crippen LogP contribution is 2.11. The van der Waals surface area contributed by atoms with Crippen LogP contribution in [0.1, 0.15) is 40.0 Å². The monoisotopic (exact) mass is 241 g/mol. The summed E-state index contributed by atoms with van der Waals surface area (Å²) in [6.45, 7) is 10.2. The summed E-state index contributed by atoms with van der Waals surface area (Å²) in [6, 6.07) is 0.699. The van der Waals surface area contributed by atoms with E-state index in [-0.39, 0.29) is 6.04 Å². The van der Waals surface area contributed by atoms with Crippen LogP contribution in [-0.2, 0) is 4.79 Å². The molecule has 1 amide bonds. The summed E-state index contributed by atoms with van der Waals surface area (Å²) in [6.07, 6.45) is 2.51. The average molecular weight is 241 g/mol. The number of nitrogens with zero attached hydrogens (tertiary/aromatic N) is 2. The van der Waals surface area contributed by atoms with Crippen molar-refractivity contribution >= 4 is 5.91 Å². The van der Waals surface area contributed by atoms with E-state index >= 15 is 0 Å². The molecule has 0 bridgehead atoms. The first kappa shape index (κ1) is 14.5. The Kier molecular flexibility index (Phi) is 5.92. The highest BCUT2D eigenvalue weighted by molar-refractivity contribution is 5.76. The van der Waals surface area contributed by atoms with E-state index in [2.05, 4.69) is 18.7 Å². The molecule has 1 aliphatic rings. The molecule has 2 unspecified atom stereocenters. The number of piperazine rings is 1. The predicted molar refractivity (Wildman–Crippen MR) is 70.8 cm³/mol. The molecule has 17 heavy (non-hydrogen) atoms. The number of carbonyl (C=O) groups excluding carboxylic acids is 1. The van der Waals surface area contributed by atoms with Gasteiger partial charge in [-0.3, -0.25) is 9.69 Å². The summed E-state index contributed by atoms with van der Waals surface area (Å²) in [5.41, 5.74) is 5.68. The molecule has 2 N–H and O–H groups in total. The maximum atomic E-state index is 12.0. The molecule has 1 heterocycles. The average Bonchev–Trinajstić information content (AvgIpc) is 2.28. The lowest BCUT2D eigenvalue weighted by molar-refractivity contribution is -0.134. The van der Waals surface area contributed by atoms with Gasteiger partial charge in [-0.25, -0.2) is 0 Å². The van der Waals surface area contributed by atoms with Gasteiger partial charge in [0.15, 0.2) is 0 Å². The molecule has 1 fully saturated rings. The number of amides is 1. The van der Waals surface area contributed by atoms with Crippen molar-refractivity contribution in [1.82, 2.24) is 9.80 Å².